The number of aryl methyl sites for hydroxylation is 1. The molecule has 2 heterocycles. The van der Waals surface area contributed by atoms with Crippen molar-refractivity contribution in [3.8, 4) is 0 Å². The van der Waals surface area contributed by atoms with E-state index in [0.717, 1.165) is 80.3 Å². The quantitative estimate of drug-likeness (QED) is 0.525. The lowest BCUT2D eigenvalue weighted by molar-refractivity contribution is -0.384. The SMILES string of the molecule is Cc1nc(C2CC2)nc(N2CCN(C(=O)C3CC3)CC2)c1Cc1ccc([N+](=O)[O-])cc1. The van der Waals surface area contributed by atoms with Crippen LogP contribution in [0.5, 0.6) is 0 Å². The second kappa shape index (κ2) is 7.90. The van der Waals surface area contributed by atoms with Gasteiger partial charge in [0.05, 0.1) is 4.92 Å². The summed E-state index contributed by atoms with van der Waals surface area (Å²) in [6.45, 7) is 5.03. The number of piperazine rings is 1. The Morgan fingerprint density at radius 2 is 1.74 bits per heavy atom. The second-order valence-corrected chi connectivity index (χ2v) is 8.93. The van der Waals surface area contributed by atoms with Gasteiger partial charge < -0.3 is 9.80 Å². The van der Waals surface area contributed by atoms with E-state index < -0.39 is 0 Å². The lowest BCUT2D eigenvalue weighted by Gasteiger charge is -2.36. The Morgan fingerprint density at radius 3 is 2.32 bits per heavy atom. The van der Waals surface area contributed by atoms with Gasteiger partial charge in [0, 0.05) is 67.8 Å². The molecule has 3 aliphatic rings. The van der Waals surface area contributed by atoms with E-state index in [9.17, 15) is 14.9 Å². The Morgan fingerprint density at radius 1 is 1.06 bits per heavy atom. The predicted octanol–water partition coefficient (Wildman–Crippen LogP) is 3.22. The molecular formula is C23H27N5O3. The highest BCUT2D eigenvalue weighted by molar-refractivity contribution is 5.81. The summed E-state index contributed by atoms with van der Waals surface area (Å²) in [5.41, 5.74) is 3.14. The molecule has 0 bridgehead atoms. The summed E-state index contributed by atoms with van der Waals surface area (Å²) in [5.74, 6) is 2.92. The number of amides is 1. The number of nitro groups is 1. The summed E-state index contributed by atoms with van der Waals surface area (Å²) in [5, 5.41) is 11.0. The van der Waals surface area contributed by atoms with Crippen LogP contribution in [0, 0.1) is 23.0 Å². The molecule has 0 atom stereocenters. The van der Waals surface area contributed by atoms with Crippen molar-refractivity contribution in [3.05, 3.63) is 57.0 Å². The van der Waals surface area contributed by atoms with Crippen LogP contribution < -0.4 is 4.90 Å². The molecule has 1 amide bonds. The minimum atomic E-state index is -0.379. The van der Waals surface area contributed by atoms with Crippen LogP contribution in [0.1, 0.15) is 54.2 Å². The van der Waals surface area contributed by atoms with Gasteiger partial charge in [-0.15, -0.1) is 0 Å². The van der Waals surface area contributed by atoms with Crippen molar-refractivity contribution in [3.63, 3.8) is 0 Å². The average molecular weight is 422 g/mol. The van der Waals surface area contributed by atoms with Gasteiger partial charge in [0.1, 0.15) is 11.6 Å². The van der Waals surface area contributed by atoms with Gasteiger partial charge in [0.2, 0.25) is 5.91 Å². The van der Waals surface area contributed by atoms with Crippen molar-refractivity contribution >= 4 is 17.4 Å². The molecule has 1 aromatic heterocycles. The summed E-state index contributed by atoms with van der Waals surface area (Å²) in [6.07, 6.45) is 4.99. The van der Waals surface area contributed by atoms with Crippen LogP contribution in [0.15, 0.2) is 24.3 Å². The van der Waals surface area contributed by atoms with E-state index in [1.807, 2.05) is 24.0 Å². The first-order valence-electron chi connectivity index (χ1n) is 11.1. The molecule has 8 heteroatoms. The van der Waals surface area contributed by atoms with Crippen LogP contribution in [-0.2, 0) is 11.2 Å². The zero-order chi connectivity index (χ0) is 21.5. The van der Waals surface area contributed by atoms with Crippen molar-refractivity contribution in [2.75, 3.05) is 31.1 Å². The molecule has 1 aliphatic heterocycles. The number of aromatic nitrogens is 2. The lowest BCUT2D eigenvalue weighted by Crippen LogP contribution is -2.49. The monoisotopic (exact) mass is 421 g/mol. The molecule has 8 nitrogen and oxygen atoms in total. The molecule has 162 valence electrons. The molecule has 1 aromatic carbocycles. The highest BCUT2D eigenvalue weighted by Gasteiger charge is 2.35. The summed E-state index contributed by atoms with van der Waals surface area (Å²) >= 11 is 0. The van der Waals surface area contributed by atoms with E-state index in [1.165, 1.54) is 0 Å². The van der Waals surface area contributed by atoms with Crippen molar-refractivity contribution in [1.29, 1.82) is 0 Å². The molecule has 0 unspecified atom stereocenters. The first-order valence-corrected chi connectivity index (χ1v) is 11.1. The van der Waals surface area contributed by atoms with Crippen molar-refractivity contribution in [1.82, 2.24) is 14.9 Å². The fraction of sp³-hybridized carbons (Fsp3) is 0.522. The van der Waals surface area contributed by atoms with E-state index in [4.69, 9.17) is 9.97 Å². The average Bonchev–Trinajstić information content (AvgIpc) is 3.68. The summed E-state index contributed by atoms with van der Waals surface area (Å²) < 4.78 is 0. The normalized spacial score (nSPS) is 18.9. The summed E-state index contributed by atoms with van der Waals surface area (Å²) in [6, 6.07) is 6.71. The number of hydrogen-bond donors (Lipinski definition) is 0. The number of carbonyl (C=O) groups is 1. The topological polar surface area (TPSA) is 92.5 Å². The van der Waals surface area contributed by atoms with E-state index in [0.29, 0.717) is 18.2 Å². The molecule has 31 heavy (non-hydrogen) atoms. The zero-order valence-corrected chi connectivity index (χ0v) is 17.8. The van der Waals surface area contributed by atoms with Gasteiger partial charge >= 0.3 is 0 Å². The van der Waals surface area contributed by atoms with E-state index in [2.05, 4.69) is 4.90 Å². The number of carbonyl (C=O) groups excluding carboxylic acids is 1. The van der Waals surface area contributed by atoms with Crippen LogP contribution in [0.3, 0.4) is 0 Å². The van der Waals surface area contributed by atoms with Crippen LogP contribution in [0.25, 0.3) is 0 Å². The zero-order valence-electron chi connectivity index (χ0n) is 17.8. The molecule has 5 rings (SSSR count). The maximum Gasteiger partial charge on any atom is 0.269 e. The van der Waals surface area contributed by atoms with Gasteiger partial charge in [-0.25, -0.2) is 9.97 Å². The van der Waals surface area contributed by atoms with Gasteiger partial charge in [-0.1, -0.05) is 12.1 Å². The lowest BCUT2D eigenvalue weighted by atomic mass is 10.0. The van der Waals surface area contributed by atoms with Crippen LogP contribution in [0.4, 0.5) is 11.5 Å². The summed E-state index contributed by atoms with van der Waals surface area (Å²) in [7, 11) is 0. The number of nitro benzene ring substituents is 1. The van der Waals surface area contributed by atoms with Crippen molar-refractivity contribution in [2.45, 2.75) is 44.9 Å². The fourth-order valence-electron chi connectivity index (χ4n) is 4.26. The standard InChI is InChI=1S/C23H27N5O3/c1-15-20(14-16-2-8-19(9-3-16)28(30)31)22(25-21(24-15)17-4-5-17)26-10-12-27(13-11-26)23(29)18-6-7-18/h2-3,8-9,17-18H,4-7,10-14H2,1H3. The number of benzene rings is 1. The van der Waals surface area contributed by atoms with E-state index >= 15 is 0 Å². The molecule has 2 saturated carbocycles. The predicted molar refractivity (Wildman–Crippen MR) is 116 cm³/mol. The van der Waals surface area contributed by atoms with Crippen molar-refractivity contribution < 1.29 is 9.72 Å². The number of anilines is 1. The molecule has 1 saturated heterocycles. The third-order valence-corrected chi connectivity index (χ3v) is 6.50. The minimum absolute atomic E-state index is 0.0949. The Hall–Kier alpha value is -3.03. The maximum atomic E-state index is 12.4. The second-order valence-electron chi connectivity index (χ2n) is 8.93. The summed E-state index contributed by atoms with van der Waals surface area (Å²) in [4.78, 5) is 37.1. The number of nitrogens with zero attached hydrogens (tertiary/aromatic N) is 5. The maximum absolute atomic E-state index is 12.4. The first-order chi connectivity index (χ1) is 15.0. The van der Waals surface area contributed by atoms with Crippen molar-refractivity contribution in [2.24, 2.45) is 5.92 Å². The van der Waals surface area contributed by atoms with Gasteiger partial charge in [0.25, 0.3) is 5.69 Å². The molecular weight excluding hydrogens is 394 g/mol. The Bertz CT molecular complexity index is 1010. The van der Waals surface area contributed by atoms with Crippen LogP contribution >= 0.6 is 0 Å². The highest BCUT2D eigenvalue weighted by atomic mass is 16.6. The molecule has 0 radical (unpaired) electrons. The minimum Gasteiger partial charge on any atom is -0.353 e. The van der Waals surface area contributed by atoms with Gasteiger partial charge in [0.15, 0.2) is 0 Å². The number of non-ortho nitro benzene ring substituents is 1. The van der Waals surface area contributed by atoms with Gasteiger partial charge in [-0.2, -0.15) is 0 Å². The largest absolute Gasteiger partial charge is 0.353 e. The Balaban J connectivity index is 1.40. The van der Waals surface area contributed by atoms with Gasteiger partial charge in [-0.3, -0.25) is 14.9 Å². The Labute approximate surface area is 181 Å². The smallest absolute Gasteiger partial charge is 0.269 e. The Kier molecular flexibility index (Phi) is 5.08. The van der Waals surface area contributed by atoms with Crippen LogP contribution in [-0.4, -0.2) is 51.9 Å². The molecule has 0 N–H and O–H groups in total. The number of rotatable bonds is 6. The molecule has 2 aromatic rings. The molecule has 2 aliphatic carbocycles. The van der Waals surface area contributed by atoms with Gasteiger partial charge in [-0.05, 0) is 38.2 Å². The molecule has 3 fully saturated rings. The third kappa shape index (κ3) is 4.24. The van der Waals surface area contributed by atoms with E-state index in [1.54, 1.807) is 12.1 Å². The molecule has 0 spiro atoms. The fourth-order valence-corrected chi connectivity index (χ4v) is 4.26. The highest BCUT2D eigenvalue weighted by Crippen LogP contribution is 2.40. The third-order valence-electron chi connectivity index (χ3n) is 6.50. The van der Waals surface area contributed by atoms with Crippen LogP contribution in [0.2, 0.25) is 0 Å². The first kappa shape index (κ1) is 19.9. The number of hydrogen-bond acceptors (Lipinski definition) is 6. The van der Waals surface area contributed by atoms with E-state index in [-0.39, 0.29) is 16.5 Å².